The molecule has 2 rings (SSSR count). The molecule has 1 fully saturated rings. The topological polar surface area (TPSA) is 141 Å². The molecular formula is C16H23N7O3. The summed E-state index contributed by atoms with van der Waals surface area (Å²) >= 11 is 0. The number of nitrogens with one attached hydrogen (secondary N) is 2. The molecule has 0 bridgehead atoms. The molecule has 10 nitrogen and oxygen atoms in total. The minimum atomic E-state index is -0.438. The van der Waals surface area contributed by atoms with Crippen molar-refractivity contribution in [3.63, 3.8) is 0 Å². The lowest BCUT2D eigenvalue weighted by molar-refractivity contribution is -0.109. The molecule has 26 heavy (non-hydrogen) atoms. The molecule has 140 valence electrons. The van der Waals surface area contributed by atoms with Gasteiger partial charge in [0.1, 0.15) is 6.10 Å². The summed E-state index contributed by atoms with van der Waals surface area (Å²) in [4.78, 5) is 25.6. The lowest BCUT2D eigenvalue weighted by Gasteiger charge is -2.20. The van der Waals surface area contributed by atoms with Crippen LogP contribution in [0.15, 0.2) is 36.7 Å². The fourth-order valence-electron chi connectivity index (χ4n) is 2.57. The van der Waals surface area contributed by atoms with Crippen LogP contribution >= 0.6 is 0 Å². The Hall–Kier alpha value is -3.27. The highest BCUT2D eigenvalue weighted by molar-refractivity contribution is 5.90. The third-order valence-corrected chi connectivity index (χ3v) is 3.80. The summed E-state index contributed by atoms with van der Waals surface area (Å²) in [5.74, 6) is 5.72. The fourth-order valence-corrected chi connectivity index (χ4v) is 2.57. The van der Waals surface area contributed by atoms with Crippen LogP contribution in [0.25, 0.3) is 0 Å². The molecule has 0 aliphatic carbocycles. The van der Waals surface area contributed by atoms with Gasteiger partial charge < -0.3 is 25.7 Å². The summed E-state index contributed by atoms with van der Waals surface area (Å²) in [6.07, 6.45) is 3.81. The number of hydrogen-bond donors (Lipinski definition) is 4. The van der Waals surface area contributed by atoms with Crippen LogP contribution in [-0.4, -0.2) is 56.1 Å². The Bertz CT molecular complexity index is 650. The minimum Gasteiger partial charge on any atom is -0.442 e. The standard InChI is InChI=1S/C16H23N7O3/c17-5-7-22(19)9-15-10-23(16(25)26-15)14-3-1-13(2-4-14)21(11-18)8-6-20-12-24/h1-5,7,11-12,15,18H,6,8-10,17,19H2,(H,20,24)/b7-5-,18-11?. The second kappa shape index (κ2) is 9.28. The highest BCUT2D eigenvalue weighted by atomic mass is 16.6. The number of carbonyl (C=O) groups is 2. The van der Waals surface area contributed by atoms with Crippen molar-refractivity contribution in [3.05, 3.63) is 36.7 Å². The molecule has 10 heteroatoms. The monoisotopic (exact) mass is 361 g/mol. The highest BCUT2D eigenvalue weighted by Crippen LogP contribution is 2.24. The number of nitrogens with zero attached hydrogens (tertiary/aromatic N) is 3. The maximum atomic E-state index is 12.1. The molecule has 1 aliphatic rings. The molecule has 1 heterocycles. The molecule has 6 N–H and O–H groups in total. The van der Waals surface area contributed by atoms with E-state index >= 15 is 0 Å². The van der Waals surface area contributed by atoms with Gasteiger partial charge in [0.25, 0.3) is 0 Å². The van der Waals surface area contributed by atoms with Crippen LogP contribution in [0.1, 0.15) is 0 Å². The van der Waals surface area contributed by atoms with Crippen molar-refractivity contribution in [2.24, 2.45) is 11.6 Å². The van der Waals surface area contributed by atoms with Crippen molar-refractivity contribution < 1.29 is 14.3 Å². The van der Waals surface area contributed by atoms with Crippen molar-refractivity contribution >= 4 is 30.2 Å². The molecular weight excluding hydrogens is 338 g/mol. The van der Waals surface area contributed by atoms with Crippen molar-refractivity contribution in [1.29, 1.82) is 5.41 Å². The summed E-state index contributed by atoms with van der Waals surface area (Å²) in [6.45, 7) is 1.60. The van der Waals surface area contributed by atoms with E-state index in [0.29, 0.717) is 38.3 Å². The Morgan fingerprint density at radius 3 is 2.73 bits per heavy atom. The second-order valence-corrected chi connectivity index (χ2v) is 5.57. The highest BCUT2D eigenvalue weighted by Gasteiger charge is 2.32. The van der Waals surface area contributed by atoms with Crippen LogP contribution in [0.3, 0.4) is 0 Å². The van der Waals surface area contributed by atoms with Gasteiger partial charge in [-0.05, 0) is 24.3 Å². The van der Waals surface area contributed by atoms with E-state index in [1.54, 1.807) is 29.2 Å². The Morgan fingerprint density at radius 1 is 1.38 bits per heavy atom. The first-order valence-corrected chi connectivity index (χ1v) is 8.01. The molecule has 0 radical (unpaired) electrons. The molecule has 1 unspecified atom stereocenters. The summed E-state index contributed by atoms with van der Waals surface area (Å²) < 4.78 is 5.31. The molecule has 0 aromatic heterocycles. The van der Waals surface area contributed by atoms with Crippen molar-refractivity contribution in [2.45, 2.75) is 6.10 Å². The van der Waals surface area contributed by atoms with Gasteiger partial charge in [0.2, 0.25) is 6.41 Å². The first kappa shape index (κ1) is 19.1. The predicted octanol–water partition coefficient (Wildman–Crippen LogP) is -0.223. The third-order valence-electron chi connectivity index (χ3n) is 3.80. The van der Waals surface area contributed by atoms with Crippen LogP contribution in [0.5, 0.6) is 0 Å². The summed E-state index contributed by atoms with van der Waals surface area (Å²) in [5.41, 5.74) is 6.75. The predicted molar refractivity (Wildman–Crippen MR) is 98.5 cm³/mol. The zero-order valence-electron chi connectivity index (χ0n) is 14.2. The molecule has 1 aromatic carbocycles. The van der Waals surface area contributed by atoms with Gasteiger partial charge in [0.05, 0.1) is 19.4 Å². The minimum absolute atomic E-state index is 0.333. The van der Waals surface area contributed by atoms with Gasteiger partial charge in [0.15, 0.2) is 0 Å². The quantitative estimate of drug-likeness (QED) is 0.113. The number of hydrogen-bond acceptors (Lipinski definition) is 7. The molecule has 1 atom stereocenters. The van der Waals surface area contributed by atoms with Gasteiger partial charge >= 0.3 is 6.09 Å². The number of rotatable bonds is 10. The van der Waals surface area contributed by atoms with E-state index in [0.717, 1.165) is 5.69 Å². The number of ether oxygens (including phenoxy) is 1. The maximum Gasteiger partial charge on any atom is 0.414 e. The fraction of sp³-hybridized carbons (Fsp3) is 0.312. The van der Waals surface area contributed by atoms with Crippen LogP contribution < -0.4 is 26.7 Å². The zero-order chi connectivity index (χ0) is 18.9. The van der Waals surface area contributed by atoms with Gasteiger partial charge in [-0.2, -0.15) is 0 Å². The Labute approximate surface area is 151 Å². The molecule has 0 spiro atoms. The van der Waals surface area contributed by atoms with Crippen molar-refractivity contribution in [1.82, 2.24) is 10.3 Å². The van der Waals surface area contributed by atoms with E-state index in [-0.39, 0.29) is 6.10 Å². The van der Waals surface area contributed by atoms with Gasteiger partial charge in [-0.25, -0.2) is 10.6 Å². The summed E-state index contributed by atoms with van der Waals surface area (Å²) in [7, 11) is 0. The number of cyclic esters (lactones) is 1. The van der Waals surface area contributed by atoms with E-state index in [4.69, 9.17) is 21.7 Å². The lowest BCUT2D eigenvalue weighted by atomic mass is 10.2. The Kier molecular flexibility index (Phi) is 6.80. The van der Waals surface area contributed by atoms with E-state index < -0.39 is 6.09 Å². The first-order valence-electron chi connectivity index (χ1n) is 8.01. The normalized spacial score (nSPS) is 16.4. The number of nitrogens with two attached hydrogens (primary N) is 2. The number of amides is 2. The van der Waals surface area contributed by atoms with Gasteiger partial charge in [-0.1, -0.05) is 0 Å². The van der Waals surface area contributed by atoms with Crippen LogP contribution in [0.2, 0.25) is 0 Å². The van der Waals surface area contributed by atoms with E-state index in [1.165, 1.54) is 28.6 Å². The zero-order valence-corrected chi connectivity index (χ0v) is 14.2. The Balaban J connectivity index is 2.00. The molecule has 1 aliphatic heterocycles. The van der Waals surface area contributed by atoms with Crippen LogP contribution in [0, 0.1) is 5.41 Å². The van der Waals surface area contributed by atoms with E-state index in [9.17, 15) is 9.59 Å². The second-order valence-electron chi connectivity index (χ2n) is 5.57. The first-order chi connectivity index (χ1) is 12.6. The smallest absolute Gasteiger partial charge is 0.414 e. The molecule has 2 amide bonds. The van der Waals surface area contributed by atoms with E-state index in [2.05, 4.69) is 5.32 Å². The van der Waals surface area contributed by atoms with Crippen LogP contribution in [0.4, 0.5) is 16.2 Å². The average molecular weight is 361 g/mol. The van der Waals surface area contributed by atoms with Gasteiger partial charge in [-0.15, -0.1) is 0 Å². The molecule has 1 aromatic rings. The summed E-state index contributed by atoms with van der Waals surface area (Å²) in [5, 5.41) is 11.4. The third kappa shape index (κ3) is 4.86. The number of carbonyl (C=O) groups excluding carboxylic acids is 2. The SMILES string of the molecule is N=CN(CCNC=O)c1ccc(N2CC(CN(N)/C=C\N)OC2=O)cc1. The molecule has 0 saturated carbocycles. The van der Waals surface area contributed by atoms with Crippen molar-refractivity contribution in [2.75, 3.05) is 36.0 Å². The average Bonchev–Trinajstić information content (AvgIpc) is 2.99. The van der Waals surface area contributed by atoms with Gasteiger partial charge in [-0.3, -0.25) is 15.1 Å². The Morgan fingerprint density at radius 2 is 2.12 bits per heavy atom. The van der Waals surface area contributed by atoms with Crippen molar-refractivity contribution in [3.8, 4) is 0 Å². The van der Waals surface area contributed by atoms with E-state index in [1.807, 2.05) is 0 Å². The number of anilines is 2. The molecule has 1 saturated heterocycles. The van der Waals surface area contributed by atoms with Gasteiger partial charge in [0, 0.05) is 36.9 Å². The summed E-state index contributed by atoms with van der Waals surface area (Å²) in [6, 6.07) is 7.16. The van der Waals surface area contributed by atoms with Crippen LogP contribution in [-0.2, 0) is 9.53 Å². The lowest BCUT2D eigenvalue weighted by Crippen LogP contribution is -2.36. The maximum absolute atomic E-state index is 12.1. The number of hydrazine groups is 1. The largest absolute Gasteiger partial charge is 0.442 e. The number of benzene rings is 1.